The van der Waals surface area contributed by atoms with E-state index in [1.165, 1.54) is 0 Å². The van der Waals surface area contributed by atoms with Crippen LogP contribution >= 0.6 is 0 Å². The molecular formula is C23H23N7O2. The van der Waals surface area contributed by atoms with Crippen LogP contribution in [0.3, 0.4) is 0 Å². The molecule has 1 saturated heterocycles. The second-order valence-electron chi connectivity index (χ2n) is 8.00. The van der Waals surface area contributed by atoms with E-state index in [-0.39, 0.29) is 11.8 Å². The minimum absolute atomic E-state index is 0.0645. The smallest absolute Gasteiger partial charge is 0.253 e. The van der Waals surface area contributed by atoms with Gasteiger partial charge in [-0.3, -0.25) is 9.78 Å². The number of hydrogen-bond acceptors (Lipinski definition) is 7. The molecule has 0 bridgehead atoms. The zero-order chi connectivity index (χ0) is 21.8. The van der Waals surface area contributed by atoms with E-state index in [0.717, 1.165) is 31.5 Å². The van der Waals surface area contributed by atoms with E-state index < -0.39 is 0 Å². The minimum atomic E-state index is 0.0645. The van der Waals surface area contributed by atoms with Gasteiger partial charge in [-0.25, -0.2) is 9.97 Å². The number of aromatic nitrogens is 6. The molecule has 4 aromatic rings. The zero-order valence-corrected chi connectivity index (χ0v) is 17.5. The summed E-state index contributed by atoms with van der Waals surface area (Å²) in [6.07, 6.45) is 12.9. The highest BCUT2D eigenvalue weighted by molar-refractivity contribution is 5.94. The van der Waals surface area contributed by atoms with Crippen LogP contribution in [0.1, 0.15) is 34.7 Å². The van der Waals surface area contributed by atoms with Crippen LogP contribution in [-0.4, -0.2) is 53.6 Å². The average Bonchev–Trinajstić information content (AvgIpc) is 3.52. The third-order valence-corrected chi connectivity index (χ3v) is 5.66. The number of benzene rings is 1. The summed E-state index contributed by atoms with van der Waals surface area (Å²) in [5, 5.41) is 4.01. The number of imidazole rings is 1. The molecule has 162 valence electrons. The van der Waals surface area contributed by atoms with Crippen LogP contribution in [0.25, 0.3) is 11.5 Å². The summed E-state index contributed by atoms with van der Waals surface area (Å²) >= 11 is 0. The van der Waals surface area contributed by atoms with Gasteiger partial charge in [0.15, 0.2) is 0 Å². The van der Waals surface area contributed by atoms with Gasteiger partial charge in [0.2, 0.25) is 11.7 Å². The van der Waals surface area contributed by atoms with E-state index in [0.29, 0.717) is 35.9 Å². The van der Waals surface area contributed by atoms with Crippen molar-refractivity contribution < 1.29 is 9.32 Å². The predicted molar refractivity (Wildman–Crippen MR) is 115 cm³/mol. The number of likely N-dealkylation sites (tertiary alicyclic amines) is 1. The average molecular weight is 429 g/mol. The highest BCUT2D eigenvalue weighted by Gasteiger charge is 2.26. The van der Waals surface area contributed by atoms with Crippen molar-refractivity contribution in [1.82, 2.24) is 34.6 Å². The Morgan fingerprint density at radius 3 is 2.81 bits per heavy atom. The molecule has 1 aliphatic heterocycles. The zero-order valence-electron chi connectivity index (χ0n) is 17.5. The Kier molecular flexibility index (Phi) is 5.69. The molecule has 0 aliphatic carbocycles. The van der Waals surface area contributed by atoms with Crippen LogP contribution in [0.2, 0.25) is 0 Å². The van der Waals surface area contributed by atoms with Gasteiger partial charge in [0.25, 0.3) is 5.91 Å². The van der Waals surface area contributed by atoms with Gasteiger partial charge in [0, 0.05) is 56.4 Å². The SMILES string of the molecule is O=C(c1ccc(Cn2ccnc2)cc1)N1CCC[C@H](Cc2nc(-c3cnccn3)no2)C1. The van der Waals surface area contributed by atoms with Crippen molar-refractivity contribution in [3.63, 3.8) is 0 Å². The lowest BCUT2D eigenvalue weighted by molar-refractivity contribution is 0.0668. The van der Waals surface area contributed by atoms with E-state index in [2.05, 4.69) is 25.1 Å². The minimum Gasteiger partial charge on any atom is -0.339 e. The molecule has 1 fully saturated rings. The second-order valence-corrected chi connectivity index (χ2v) is 8.00. The predicted octanol–water partition coefficient (Wildman–Crippen LogP) is 2.87. The van der Waals surface area contributed by atoms with Gasteiger partial charge in [0.1, 0.15) is 5.69 Å². The number of amides is 1. The maximum Gasteiger partial charge on any atom is 0.253 e. The van der Waals surface area contributed by atoms with Crippen molar-refractivity contribution in [2.24, 2.45) is 5.92 Å². The Labute approximate surface area is 185 Å². The van der Waals surface area contributed by atoms with E-state index in [1.54, 1.807) is 31.1 Å². The maximum atomic E-state index is 13.1. The molecule has 0 saturated carbocycles. The number of carbonyl (C=O) groups is 1. The monoisotopic (exact) mass is 429 g/mol. The molecule has 1 aromatic carbocycles. The lowest BCUT2D eigenvalue weighted by Crippen LogP contribution is -2.40. The third kappa shape index (κ3) is 4.56. The van der Waals surface area contributed by atoms with E-state index >= 15 is 0 Å². The summed E-state index contributed by atoms with van der Waals surface area (Å²) in [4.78, 5) is 31.7. The number of carbonyl (C=O) groups excluding carboxylic acids is 1. The lowest BCUT2D eigenvalue weighted by Gasteiger charge is -2.32. The molecule has 32 heavy (non-hydrogen) atoms. The summed E-state index contributed by atoms with van der Waals surface area (Å²) in [7, 11) is 0. The number of hydrogen-bond donors (Lipinski definition) is 0. The molecule has 9 heteroatoms. The molecule has 3 aromatic heterocycles. The Morgan fingerprint density at radius 1 is 1.12 bits per heavy atom. The highest BCUT2D eigenvalue weighted by Crippen LogP contribution is 2.23. The van der Waals surface area contributed by atoms with Crippen LogP contribution in [0.4, 0.5) is 0 Å². The summed E-state index contributed by atoms with van der Waals surface area (Å²) in [5.41, 5.74) is 2.42. The standard InChI is InChI=1S/C23H23N7O2/c31-23(19-5-3-17(4-6-19)14-29-11-9-25-16-29)30-10-1-2-18(15-30)12-21-27-22(28-32-21)20-13-24-7-8-26-20/h3-9,11,13,16,18H,1-2,10,12,14-15H2/t18-/m1/s1. The van der Waals surface area contributed by atoms with Crippen molar-refractivity contribution in [1.29, 1.82) is 0 Å². The van der Waals surface area contributed by atoms with Gasteiger partial charge >= 0.3 is 0 Å². The van der Waals surface area contributed by atoms with E-state index in [4.69, 9.17) is 4.52 Å². The first-order chi connectivity index (χ1) is 15.7. The van der Waals surface area contributed by atoms with Crippen molar-refractivity contribution in [3.05, 3.63) is 78.6 Å². The fraction of sp³-hybridized carbons (Fsp3) is 0.304. The normalized spacial score (nSPS) is 16.2. The molecule has 0 N–H and O–H groups in total. The fourth-order valence-corrected chi connectivity index (χ4v) is 4.05. The first-order valence-electron chi connectivity index (χ1n) is 10.7. The Balaban J connectivity index is 1.20. The molecular weight excluding hydrogens is 406 g/mol. The molecule has 1 atom stereocenters. The van der Waals surface area contributed by atoms with Gasteiger partial charge in [-0.15, -0.1) is 0 Å². The first-order valence-corrected chi connectivity index (χ1v) is 10.7. The lowest BCUT2D eigenvalue weighted by atomic mass is 9.94. The van der Waals surface area contributed by atoms with Crippen molar-refractivity contribution in [2.45, 2.75) is 25.8 Å². The fourth-order valence-electron chi connectivity index (χ4n) is 4.05. The maximum absolute atomic E-state index is 13.1. The van der Waals surface area contributed by atoms with Crippen LogP contribution in [0, 0.1) is 5.92 Å². The topological polar surface area (TPSA) is 103 Å². The Morgan fingerprint density at radius 2 is 2.03 bits per heavy atom. The molecule has 9 nitrogen and oxygen atoms in total. The van der Waals surface area contributed by atoms with Crippen LogP contribution < -0.4 is 0 Å². The molecule has 0 unspecified atom stereocenters. The van der Waals surface area contributed by atoms with Crippen LogP contribution in [-0.2, 0) is 13.0 Å². The molecule has 4 heterocycles. The summed E-state index contributed by atoms with van der Waals surface area (Å²) in [5.74, 6) is 1.35. The van der Waals surface area contributed by atoms with Gasteiger partial charge in [0.05, 0.1) is 12.5 Å². The Hall–Kier alpha value is -3.88. The quantitative estimate of drug-likeness (QED) is 0.464. The summed E-state index contributed by atoms with van der Waals surface area (Å²) in [6, 6.07) is 7.81. The van der Waals surface area contributed by atoms with Gasteiger partial charge in [-0.1, -0.05) is 17.3 Å². The van der Waals surface area contributed by atoms with Crippen molar-refractivity contribution in [3.8, 4) is 11.5 Å². The molecule has 5 rings (SSSR count). The van der Waals surface area contributed by atoms with E-state index in [1.807, 2.05) is 39.9 Å². The summed E-state index contributed by atoms with van der Waals surface area (Å²) < 4.78 is 7.42. The van der Waals surface area contributed by atoms with Gasteiger partial charge in [-0.2, -0.15) is 4.98 Å². The number of piperidine rings is 1. The van der Waals surface area contributed by atoms with Crippen molar-refractivity contribution >= 4 is 5.91 Å². The second kappa shape index (κ2) is 9.09. The van der Waals surface area contributed by atoms with Gasteiger partial charge < -0.3 is 14.0 Å². The van der Waals surface area contributed by atoms with E-state index in [9.17, 15) is 4.79 Å². The highest BCUT2D eigenvalue weighted by atomic mass is 16.5. The van der Waals surface area contributed by atoms with Crippen LogP contribution in [0.15, 0.2) is 66.1 Å². The van der Waals surface area contributed by atoms with Gasteiger partial charge in [-0.05, 0) is 36.5 Å². The van der Waals surface area contributed by atoms with Crippen molar-refractivity contribution in [2.75, 3.05) is 13.1 Å². The Bertz CT molecular complexity index is 1160. The number of rotatable bonds is 6. The molecule has 0 radical (unpaired) electrons. The largest absolute Gasteiger partial charge is 0.339 e. The summed E-state index contributed by atoms with van der Waals surface area (Å²) in [6.45, 7) is 2.18. The third-order valence-electron chi connectivity index (χ3n) is 5.66. The van der Waals surface area contributed by atoms with Crippen LogP contribution in [0.5, 0.6) is 0 Å². The molecule has 1 aliphatic rings. The molecule has 0 spiro atoms. The first kappa shape index (κ1) is 20.0. The number of nitrogens with zero attached hydrogens (tertiary/aromatic N) is 7. The molecule has 1 amide bonds.